The number of nitrogens with one attached hydrogen (secondary N) is 3. The summed E-state index contributed by atoms with van der Waals surface area (Å²) in [6, 6.07) is 5.07. The number of aromatic nitrogens is 1. The highest BCUT2D eigenvalue weighted by Crippen LogP contribution is 2.21. The topological polar surface area (TPSA) is 116 Å². The normalized spacial score (nSPS) is 10.1. The molecule has 5 nitrogen and oxygen atoms in total. The van der Waals surface area contributed by atoms with Crippen molar-refractivity contribution in [3.05, 3.63) is 35.0 Å². The lowest BCUT2D eigenvalue weighted by molar-refractivity contribution is 1.39. The van der Waals surface area contributed by atoms with Gasteiger partial charge in [0.05, 0.1) is 5.69 Å². The van der Waals surface area contributed by atoms with E-state index in [4.69, 9.17) is 28.7 Å². The summed E-state index contributed by atoms with van der Waals surface area (Å²) in [6.07, 6.45) is 5.30. The quantitative estimate of drug-likeness (QED) is 0.294. The zero-order chi connectivity index (χ0) is 12.6. The molecule has 1 heterocycles. The Morgan fingerprint density at radius 1 is 1.18 bits per heavy atom. The van der Waals surface area contributed by atoms with Gasteiger partial charge in [0.1, 0.15) is 11.7 Å². The van der Waals surface area contributed by atoms with Crippen LogP contribution in [0.25, 0.3) is 10.9 Å². The summed E-state index contributed by atoms with van der Waals surface area (Å²) in [5.41, 5.74) is 13.3. The van der Waals surface area contributed by atoms with Crippen LogP contribution < -0.4 is 11.5 Å². The fourth-order valence-electron chi connectivity index (χ4n) is 1.69. The minimum absolute atomic E-state index is 0.0775. The Labute approximate surface area is 97.8 Å². The van der Waals surface area contributed by atoms with Gasteiger partial charge in [-0.05, 0) is 18.2 Å². The molecule has 0 saturated carbocycles. The molecule has 0 bridgehead atoms. The Kier molecular flexibility index (Phi) is 2.33. The number of nitrogen functional groups attached to an aromatic ring is 2. The molecule has 2 aromatic rings. The lowest BCUT2D eigenvalue weighted by atomic mass is 10.0. The molecule has 1 aromatic heterocycles. The molecular weight excluding hydrogens is 214 g/mol. The molecule has 17 heavy (non-hydrogen) atoms. The highest BCUT2D eigenvalue weighted by molar-refractivity contribution is 6.10. The number of benzene rings is 1. The van der Waals surface area contributed by atoms with E-state index in [0.29, 0.717) is 16.8 Å². The van der Waals surface area contributed by atoms with Crippen molar-refractivity contribution in [2.75, 3.05) is 0 Å². The van der Waals surface area contributed by atoms with Crippen LogP contribution in [0.2, 0.25) is 0 Å². The Hall–Kier alpha value is -2.74. The van der Waals surface area contributed by atoms with Crippen LogP contribution in [-0.2, 0) is 0 Å². The van der Waals surface area contributed by atoms with Crippen molar-refractivity contribution in [2.24, 2.45) is 11.5 Å². The van der Waals surface area contributed by atoms with Gasteiger partial charge < -0.3 is 16.5 Å². The highest BCUT2D eigenvalue weighted by Gasteiger charge is 2.10. The summed E-state index contributed by atoms with van der Waals surface area (Å²) < 4.78 is 0. The first kappa shape index (κ1) is 10.8. The fourth-order valence-corrected chi connectivity index (χ4v) is 1.69. The summed E-state index contributed by atoms with van der Waals surface area (Å²) in [7, 11) is 0. The zero-order valence-corrected chi connectivity index (χ0v) is 8.96. The average molecular weight is 225 g/mol. The van der Waals surface area contributed by atoms with Crippen LogP contribution in [0.1, 0.15) is 16.8 Å². The number of amidine groups is 2. The molecule has 7 N–H and O–H groups in total. The van der Waals surface area contributed by atoms with Gasteiger partial charge >= 0.3 is 0 Å². The standard InChI is InChI=1S/C12H11N5/c1-2-7-5-8-9(12(15)16)3-6(11(13)14)4-10(8)17-7/h1,3-5,17H,(H3,13,14)(H3,15,16). The van der Waals surface area contributed by atoms with Crippen LogP contribution in [0.4, 0.5) is 0 Å². The predicted octanol–water partition coefficient (Wildman–Crippen LogP) is 0.717. The molecular formula is C12H11N5. The van der Waals surface area contributed by atoms with Gasteiger partial charge in [-0.3, -0.25) is 10.8 Å². The van der Waals surface area contributed by atoms with E-state index < -0.39 is 0 Å². The van der Waals surface area contributed by atoms with Gasteiger partial charge in [0.15, 0.2) is 0 Å². The number of nitrogens with two attached hydrogens (primary N) is 2. The summed E-state index contributed by atoms with van der Waals surface area (Å²) in [5, 5.41) is 15.7. The smallest absolute Gasteiger partial charge is 0.123 e. The molecule has 0 aliphatic heterocycles. The van der Waals surface area contributed by atoms with E-state index in [0.717, 1.165) is 10.9 Å². The van der Waals surface area contributed by atoms with Gasteiger partial charge in [0.25, 0.3) is 0 Å². The largest absolute Gasteiger partial charge is 0.384 e. The number of hydrogen-bond acceptors (Lipinski definition) is 2. The third-order valence-electron chi connectivity index (χ3n) is 2.49. The average Bonchev–Trinajstić information content (AvgIpc) is 2.69. The van der Waals surface area contributed by atoms with Crippen molar-refractivity contribution in [3.8, 4) is 12.3 Å². The number of H-pyrrole nitrogens is 1. The van der Waals surface area contributed by atoms with Crippen LogP contribution >= 0.6 is 0 Å². The maximum atomic E-state index is 7.52. The second kappa shape index (κ2) is 3.68. The molecule has 0 aliphatic rings. The van der Waals surface area contributed by atoms with Crippen molar-refractivity contribution in [3.63, 3.8) is 0 Å². The number of aromatic amines is 1. The van der Waals surface area contributed by atoms with Gasteiger partial charge in [-0.25, -0.2) is 0 Å². The fraction of sp³-hybridized carbons (Fsp3) is 0. The molecule has 0 spiro atoms. The number of rotatable bonds is 2. The highest BCUT2D eigenvalue weighted by atomic mass is 14.7. The molecule has 5 heteroatoms. The van der Waals surface area contributed by atoms with Crippen molar-refractivity contribution in [1.82, 2.24) is 4.98 Å². The van der Waals surface area contributed by atoms with Crippen molar-refractivity contribution >= 4 is 22.6 Å². The molecule has 1 aromatic carbocycles. The van der Waals surface area contributed by atoms with E-state index >= 15 is 0 Å². The van der Waals surface area contributed by atoms with Gasteiger partial charge in [-0.2, -0.15) is 0 Å². The Morgan fingerprint density at radius 2 is 1.88 bits per heavy atom. The summed E-state index contributed by atoms with van der Waals surface area (Å²) in [6.45, 7) is 0. The van der Waals surface area contributed by atoms with Crippen LogP contribution in [0.3, 0.4) is 0 Å². The Bertz CT molecular complexity index is 672. The number of terminal acetylenes is 1. The second-order valence-corrected chi connectivity index (χ2v) is 3.64. The van der Waals surface area contributed by atoms with Crippen LogP contribution in [0, 0.1) is 23.2 Å². The van der Waals surface area contributed by atoms with E-state index in [9.17, 15) is 0 Å². The summed E-state index contributed by atoms with van der Waals surface area (Å²) in [4.78, 5) is 3.00. The van der Waals surface area contributed by atoms with Crippen LogP contribution in [-0.4, -0.2) is 16.7 Å². The minimum atomic E-state index is -0.0827. The second-order valence-electron chi connectivity index (χ2n) is 3.64. The summed E-state index contributed by atoms with van der Waals surface area (Å²) >= 11 is 0. The molecule has 0 unspecified atom stereocenters. The van der Waals surface area contributed by atoms with Crippen LogP contribution in [0.15, 0.2) is 18.2 Å². The molecule has 0 radical (unpaired) electrons. The first-order valence-corrected chi connectivity index (χ1v) is 4.85. The monoisotopic (exact) mass is 225 g/mol. The maximum absolute atomic E-state index is 7.52. The Balaban J connectivity index is 2.84. The minimum Gasteiger partial charge on any atom is -0.384 e. The molecule has 0 saturated heterocycles. The molecule has 0 fully saturated rings. The van der Waals surface area contributed by atoms with Gasteiger partial charge in [-0.15, -0.1) is 6.42 Å². The van der Waals surface area contributed by atoms with Crippen molar-refractivity contribution in [1.29, 1.82) is 10.8 Å². The van der Waals surface area contributed by atoms with Crippen molar-refractivity contribution < 1.29 is 0 Å². The molecule has 0 atom stereocenters. The lowest BCUT2D eigenvalue weighted by Crippen LogP contribution is -2.15. The third-order valence-corrected chi connectivity index (χ3v) is 2.49. The number of hydrogen-bond donors (Lipinski definition) is 5. The zero-order valence-electron chi connectivity index (χ0n) is 8.96. The van der Waals surface area contributed by atoms with E-state index in [1.54, 1.807) is 18.2 Å². The predicted molar refractivity (Wildman–Crippen MR) is 68.3 cm³/mol. The molecule has 2 rings (SSSR count). The number of fused-ring (bicyclic) bond motifs is 1. The van der Waals surface area contributed by atoms with E-state index in [-0.39, 0.29) is 11.7 Å². The molecule has 0 aliphatic carbocycles. The van der Waals surface area contributed by atoms with E-state index in [2.05, 4.69) is 10.9 Å². The first-order chi connectivity index (χ1) is 8.02. The van der Waals surface area contributed by atoms with E-state index in [1.807, 2.05) is 0 Å². The maximum Gasteiger partial charge on any atom is 0.123 e. The van der Waals surface area contributed by atoms with Gasteiger partial charge in [-0.1, -0.05) is 5.92 Å². The Morgan fingerprint density at radius 3 is 2.41 bits per heavy atom. The van der Waals surface area contributed by atoms with Crippen LogP contribution in [0.5, 0.6) is 0 Å². The van der Waals surface area contributed by atoms with Gasteiger partial charge in [0, 0.05) is 22.0 Å². The summed E-state index contributed by atoms with van der Waals surface area (Å²) in [5.74, 6) is 2.32. The van der Waals surface area contributed by atoms with Crippen molar-refractivity contribution in [2.45, 2.75) is 0 Å². The first-order valence-electron chi connectivity index (χ1n) is 4.85. The van der Waals surface area contributed by atoms with E-state index in [1.165, 1.54) is 0 Å². The molecule has 84 valence electrons. The SMILES string of the molecule is C#Cc1cc2c(C(=N)N)cc(C(=N)N)cc2[nH]1. The lowest BCUT2D eigenvalue weighted by Gasteiger charge is -2.04. The third kappa shape index (κ3) is 1.72. The molecule has 0 amide bonds. The van der Waals surface area contributed by atoms with Gasteiger partial charge in [0.2, 0.25) is 0 Å².